The number of hydrogen-bond donors (Lipinski definition) is 1. The number of amides is 1. The highest BCUT2D eigenvalue weighted by Gasteiger charge is 2.29. The summed E-state index contributed by atoms with van der Waals surface area (Å²) >= 11 is 0. The molecule has 1 N–H and O–H groups in total. The van der Waals surface area contributed by atoms with E-state index in [0.717, 1.165) is 6.54 Å². The molecule has 2 rings (SSSR count). The van der Waals surface area contributed by atoms with E-state index < -0.39 is 4.92 Å². The zero-order chi connectivity index (χ0) is 14.0. The molecule has 1 amide bonds. The van der Waals surface area contributed by atoms with Gasteiger partial charge in [-0.05, 0) is 26.0 Å². The van der Waals surface area contributed by atoms with Gasteiger partial charge in [0.1, 0.15) is 0 Å². The van der Waals surface area contributed by atoms with E-state index >= 15 is 0 Å². The van der Waals surface area contributed by atoms with Crippen LogP contribution >= 0.6 is 0 Å². The first-order valence-electron chi connectivity index (χ1n) is 6.18. The molecule has 1 aliphatic rings. The Hall–Kier alpha value is -1.95. The fourth-order valence-corrected chi connectivity index (χ4v) is 2.22. The molecule has 1 aromatic carbocycles. The number of hydrogen-bond acceptors (Lipinski definition) is 4. The van der Waals surface area contributed by atoms with Crippen LogP contribution in [0.2, 0.25) is 0 Å². The van der Waals surface area contributed by atoms with Crippen molar-refractivity contribution >= 4 is 11.6 Å². The summed E-state index contributed by atoms with van der Waals surface area (Å²) in [5.41, 5.74) is 0.384. The molecule has 0 unspecified atom stereocenters. The number of carbonyl (C=O) groups is 1. The zero-order valence-electron chi connectivity index (χ0n) is 11.0. The summed E-state index contributed by atoms with van der Waals surface area (Å²) in [4.78, 5) is 24.2. The molecule has 0 spiro atoms. The van der Waals surface area contributed by atoms with E-state index in [4.69, 9.17) is 0 Å². The van der Waals surface area contributed by atoms with Gasteiger partial charge in [-0.25, -0.2) is 0 Å². The van der Waals surface area contributed by atoms with Gasteiger partial charge in [-0.2, -0.15) is 0 Å². The van der Waals surface area contributed by atoms with Gasteiger partial charge in [0.2, 0.25) is 0 Å². The first-order chi connectivity index (χ1) is 8.89. The van der Waals surface area contributed by atoms with Crippen LogP contribution in [0.3, 0.4) is 0 Å². The van der Waals surface area contributed by atoms with Crippen LogP contribution in [0.5, 0.6) is 0 Å². The topological polar surface area (TPSA) is 75.5 Å². The second-order valence-corrected chi connectivity index (χ2v) is 5.34. The van der Waals surface area contributed by atoms with Crippen molar-refractivity contribution in [2.24, 2.45) is 0 Å². The Morgan fingerprint density at radius 1 is 1.37 bits per heavy atom. The summed E-state index contributed by atoms with van der Waals surface area (Å²) in [6.07, 6.45) is 0. The molecule has 0 aromatic heterocycles. The zero-order valence-corrected chi connectivity index (χ0v) is 11.0. The number of nitro groups is 1. The minimum Gasteiger partial charge on any atom is -0.336 e. The Morgan fingerprint density at radius 3 is 2.53 bits per heavy atom. The maximum absolute atomic E-state index is 12.3. The molecule has 6 heteroatoms. The Kier molecular flexibility index (Phi) is 3.53. The number of nitro benzene ring substituents is 1. The number of nitrogens with zero attached hydrogens (tertiary/aromatic N) is 2. The van der Waals surface area contributed by atoms with Crippen LogP contribution < -0.4 is 5.32 Å². The summed E-state index contributed by atoms with van der Waals surface area (Å²) in [6, 6.07) is 5.74. The van der Waals surface area contributed by atoms with Gasteiger partial charge in [-0.3, -0.25) is 14.9 Å². The molecular formula is C13H17N3O3. The summed E-state index contributed by atoms with van der Waals surface area (Å²) < 4.78 is 0. The average Bonchev–Trinajstić information content (AvgIpc) is 2.37. The van der Waals surface area contributed by atoms with E-state index in [1.165, 1.54) is 24.3 Å². The van der Waals surface area contributed by atoms with Crippen LogP contribution in [-0.2, 0) is 0 Å². The Morgan fingerprint density at radius 2 is 2.00 bits per heavy atom. The van der Waals surface area contributed by atoms with Crippen LogP contribution in [0.1, 0.15) is 24.2 Å². The maximum atomic E-state index is 12.3. The van der Waals surface area contributed by atoms with Gasteiger partial charge >= 0.3 is 0 Å². The van der Waals surface area contributed by atoms with Crippen molar-refractivity contribution in [3.05, 3.63) is 39.9 Å². The Bertz CT molecular complexity index is 496. The van der Waals surface area contributed by atoms with E-state index in [9.17, 15) is 14.9 Å². The summed E-state index contributed by atoms with van der Waals surface area (Å²) in [5.74, 6) is -0.0792. The van der Waals surface area contributed by atoms with Gasteiger partial charge in [0.05, 0.1) is 4.92 Å². The van der Waals surface area contributed by atoms with E-state index in [-0.39, 0.29) is 17.1 Å². The molecule has 0 atom stereocenters. The predicted octanol–water partition coefficient (Wildman–Crippen LogP) is 1.42. The SMILES string of the molecule is CC1(C)CN(C(=O)c2ccc([N+](=O)[O-])cc2)CCN1. The van der Waals surface area contributed by atoms with Gasteiger partial charge in [-0.1, -0.05) is 0 Å². The number of rotatable bonds is 2. The van der Waals surface area contributed by atoms with Crippen molar-refractivity contribution < 1.29 is 9.72 Å². The molecule has 19 heavy (non-hydrogen) atoms. The third-order valence-corrected chi connectivity index (χ3v) is 3.18. The van der Waals surface area contributed by atoms with Crippen LogP contribution in [0.15, 0.2) is 24.3 Å². The van der Waals surface area contributed by atoms with E-state index in [2.05, 4.69) is 5.32 Å². The second-order valence-electron chi connectivity index (χ2n) is 5.34. The molecule has 1 heterocycles. The van der Waals surface area contributed by atoms with Crippen molar-refractivity contribution in [2.75, 3.05) is 19.6 Å². The first-order valence-corrected chi connectivity index (χ1v) is 6.18. The van der Waals surface area contributed by atoms with Crippen molar-refractivity contribution in [1.29, 1.82) is 0 Å². The van der Waals surface area contributed by atoms with E-state index in [0.29, 0.717) is 18.7 Å². The fraction of sp³-hybridized carbons (Fsp3) is 0.462. The van der Waals surface area contributed by atoms with Crippen molar-refractivity contribution in [1.82, 2.24) is 10.2 Å². The largest absolute Gasteiger partial charge is 0.336 e. The lowest BCUT2D eigenvalue weighted by Gasteiger charge is -2.39. The molecule has 0 aliphatic carbocycles. The fourth-order valence-electron chi connectivity index (χ4n) is 2.22. The van der Waals surface area contributed by atoms with Crippen LogP contribution in [-0.4, -0.2) is 40.9 Å². The molecule has 1 saturated heterocycles. The molecule has 0 bridgehead atoms. The molecule has 1 fully saturated rings. The number of non-ortho nitro benzene ring substituents is 1. The van der Waals surface area contributed by atoms with Crippen molar-refractivity contribution in [3.63, 3.8) is 0 Å². The average molecular weight is 263 g/mol. The molecular weight excluding hydrogens is 246 g/mol. The maximum Gasteiger partial charge on any atom is 0.269 e. The Labute approximate surface area is 111 Å². The highest BCUT2D eigenvalue weighted by molar-refractivity contribution is 5.94. The van der Waals surface area contributed by atoms with Crippen LogP contribution in [0.25, 0.3) is 0 Å². The summed E-state index contributed by atoms with van der Waals surface area (Å²) in [7, 11) is 0. The smallest absolute Gasteiger partial charge is 0.269 e. The third kappa shape index (κ3) is 3.08. The van der Waals surface area contributed by atoms with Crippen molar-refractivity contribution in [3.8, 4) is 0 Å². The van der Waals surface area contributed by atoms with Gasteiger partial charge < -0.3 is 10.2 Å². The summed E-state index contributed by atoms with van der Waals surface area (Å²) in [5, 5.41) is 13.9. The van der Waals surface area contributed by atoms with E-state index in [1.54, 1.807) is 4.90 Å². The highest BCUT2D eigenvalue weighted by atomic mass is 16.6. The molecule has 0 radical (unpaired) electrons. The van der Waals surface area contributed by atoms with Gasteiger partial charge in [0, 0.05) is 42.9 Å². The molecule has 1 aromatic rings. The Balaban J connectivity index is 2.13. The van der Waals surface area contributed by atoms with E-state index in [1.807, 2.05) is 13.8 Å². The van der Waals surface area contributed by atoms with Gasteiger partial charge in [0.25, 0.3) is 11.6 Å². The lowest BCUT2D eigenvalue weighted by molar-refractivity contribution is -0.384. The number of nitrogens with one attached hydrogen (secondary N) is 1. The minimum absolute atomic E-state index is 0.00260. The van der Waals surface area contributed by atoms with Gasteiger partial charge in [0.15, 0.2) is 0 Å². The number of benzene rings is 1. The number of piperazine rings is 1. The second kappa shape index (κ2) is 4.97. The normalized spacial score (nSPS) is 18.1. The lowest BCUT2D eigenvalue weighted by atomic mass is 10.0. The van der Waals surface area contributed by atoms with Crippen LogP contribution in [0, 0.1) is 10.1 Å². The predicted molar refractivity (Wildman–Crippen MR) is 71.1 cm³/mol. The first kappa shape index (κ1) is 13.5. The minimum atomic E-state index is -0.470. The summed E-state index contributed by atoms with van der Waals surface area (Å²) in [6.45, 7) is 6.12. The molecule has 102 valence electrons. The lowest BCUT2D eigenvalue weighted by Crippen LogP contribution is -2.58. The standard InChI is InChI=1S/C13H17N3O3/c1-13(2)9-15(8-7-14-13)12(17)10-3-5-11(6-4-10)16(18)19/h3-6,14H,7-9H2,1-2H3. The van der Waals surface area contributed by atoms with Crippen molar-refractivity contribution in [2.45, 2.75) is 19.4 Å². The molecule has 0 saturated carbocycles. The van der Waals surface area contributed by atoms with Gasteiger partial charge in [-0.15, -0.1) is 0 Å². The molecule has 1 aliphatic heterocycles. The molecule has 6 nitrogen and oxygen atoms in total. The number of carbonyl (C=O) groups excluding carboxylic acids is 1. The third-order valence-electron chi connectivity index (χ3n) is 3.18. The van der Waals surface area contributed by atoms with Crippen LogP contribution in [0.4, 0.5) is 5.69 Å². The highest BCUT2D eigenvalue weighted by Crippen LogP contribution is 2.16. The monoisotopic (exact) mass is 263 g/mol. The quantitative estimate of drug-likeness (QED) is 0.646.